The van der Waals surface area contributed by atoms with Gasteiger partial charge in [-0.25, -0.2) is 4.99 Å². The van der Waals surface area contributed by atoms with Gasteiger partial charge in [0.25, 0.3) is 5.69 Å². The van der Waals surface area contributed by atoms with Gasteiger partial charge in [0.15, 0.2) is 5.96 Å². The highest BCUT2D eigenvalue weighted by atomic mass is 16.6. The molecule has 0 amide bonds. The van der Waals surface area contributed by atoms with Crippen molar-refractivity contribution in [2.75, 3.05) is 0 Å². The Hall–Kier alpha value is -2.11. The Morgan fingerprint density at radius 2 is 2.00 bits per heavy atom. The zero-order valence-electron chi connectivity index (χ0n) is 13.9. The molecule has 1 fully saturated rings. The maximum atomic E-state index is 10.7. The molecule has 1 aromatic rings. The van der Waals surface area contributed by atoms with Crippen LogP contribution in [0.5, 0.6) is 0 Å². The van der Waals surface area contributed by atoms with Crippen LogP contribution in [0.15, 0.2) is 29.3 Å². The van der Waals surface area contributed by atoms with Crippen LogP contribution in [-0.4, -0.2) is 23.0 Å². The highest BCUT2D eigenvalue weighted by Gasteiger charge is 2.16. The van der Waals surface area contributed by atoms with E-state index in [1.165, 1.54) is 37.8 Å². The lowest BCUT2D eigenvalue weighted by molar-refractivity contribution is -0.384. The van der Waals surface area contributed by atoms with E-state index in [9.17, 15) is 10.1 Å². The second-order valence-electron chi connectivity index (χ2n) is 6.17. The molecular formula is C17H26N4O2. The summed E-state index contributed by atoms with van der Waals surface area (Å²) >= 11 is 0. The van der Waals surface area contributed by atoms with Crippen molar-refractivity contribution in [3.05, 3.63) is 39.9 Å². The second kappa shape index (κ2) is 8.50. The first kappa shape index (κ1) is 17.2. The van der Waals surface area contributed by atoms with Crippen LogP contribution < -0.4 is 10.6 Å². The van der Waals surface area contributed by atoms with E-state index >= 15 is 0 Å². The maximum Gasteiger partial charge on any atom is 0.269 e. The van der Waals surface area contributed by atoms with Crippen LogP contribution in [0, 0.1) is 10.1 Å². The van der Waals surface area contributed by atoms with Gasteiger partial charge in [0.2, 0.25) is 0 Å². The summed E-state index contributed by atoms with van der Waals surface area (Å²) in [6.07, 6.45) is 5.97. The summed E-state index contributed by atoms with van der Waals surface area (Å²) in [4.78, 5) is 14.9. The van der Waals surface area contributed by atoms with Crippen molar-refractivity contribution in [2.45, 2.75) is 64.6 Å². The normalized spacial score (nSPS) is 17.0. The number of hydrogen-bond donors (Lipinski definition) is 2. The summed E-state index contributed by atoms with van der Waals surface area (Å²) in [5.74, 6) is 0.838. The molecule has 2 rings (SSSR count). The molecule has 0 aromatic heterocycles. The Bertz CT molecular complexity index is 536. The van der Waals surface area contributed by atoms with Gasteiger partial charge in [0.1, 0.15) is 0 Å². The Labute approximate surface area is 137 Å². The largest absolute Gasteiger partial charge is 0.354 e. The molecule has 6 nitrogen and oxygen atoms in total. The van der Waals surface area contributed by atoms with Gasteiger partial charge >= 0.3 is 0 Å². The van der Waals surface area contributed by atoms with E-state index in [0.29, 0.717) is 18.6 Å². The lowest BCUT2D eigenvalue weighted by Gasteiger charge is -2.20. The molecule has 1 saturated carbocycles. The first-order valence-corrected chi connectivity index (χ1v) is 8.39. The Kier molecular flexibility index (Phi) is 6.38. The van der Waals surface area contributed by atoms with E-state index in [2.05, 4.69) is 29.5 Å². The lowest BCUT2D eigenvalue weighted by Crippen LogP contribution is -2.45. The third-order valence-electron chi connectivity index (χ3n) is 4.26. The highest BCUT2D eigenvalue weighted by Crippen LogP contribution is 2.17. The molecule has 6 heteroatoms. The first-order valence-electron chi connectivity index (χ1n) is 8.39. The third-order valence-corrected chi connectivity index (χ3v) is 4.26. The molecule has 1 aromatic carbocycles. The average Bonchev–Trinajstić information content (AvgIpc) is 3.05. The predicted octanol–water partition coefficient (Wildman–Crippen LogP) is 3.37. The Balaban J connectivity index is 2.00. The topological polar surface area (TPSA) is 79.6 Å². The molecule has 0 bridgehead atoms. The van der Waals surface area contributed by atoms with Gasteiger partial charge in [-0.1, -0.05) is 31.9 Å². The minimum absolute atomic E-state index is 0.111. The van der Waals surface area contributed by atoms with E-state index in [1.54, 1.807) is 12.1 Å². The fourth-order valence-electron chi connectivity index (χ4n) is 2.63. The Morgan fingerprint density at radius 3 is 2.57 bits per heavy atom. The smallest absolute Gasteiger partial charge is 0.269 e. The van der Waals surface area contributed by atoms with Crippen LogP contribution in [0.25, 0.3) is 0 Å². The van der Waals surface area contributed by atoms with Crippen LogP contribution in [0.4, 0.5) is 5.69 Å². The van der Waals surface area contributed by atoms with Crippen LogP contribution >= 0.6 is 0 Å². The number of hydrogen-bond acceptors (Lipinski definition) is 3. The van der Waals surface area contributed by atoms with Crippen LogP contribution in [0.1, 0.15) is 51.5 Å². The van der Waals surface area contributed by atoms with Gasteiger partial charge in [0, 0.05) is 24.2 Å². The summed E-state index contributed by atoms with van der Waals surface area (Å²) in [5.41, 5.74) is 1.08. The summed E-state index contributed by atoms with van der Waals surface area (Å²) in [7, 11) is 0. The van der Waals surface area contributed by atoms with E-state index in [4.69, 9.17) is 0 Å². The van der Waals surface area contributed by atoms with Gasteiger partial charge in [-0.15, -0.1) is 0 Å². The number of nitro benzene ring substituents is 1. The average molecular weight is 318 g/mol. The van der Waals surface area contributed by atoms with Crippen molar-refractivity contribution < 1.29 is 4.92 Å². The number of non-ortho nitro benzene ring substituents is 1. The van der Waals surface area contributed by atoms with Gasteiger partial charge in [0.05, 0.1) is 11.5 Å². The van der Waals surface area contributed by atoms with Crippen molar-refractivity contribution in [2.24, 2.45) is 4.99 Å². The predicted molar refractivity (Wildman–Crippen MR) is 92.5 cm³/mol. The van der Waals surface area contributed by atoms with Gasteiger partial charge in [-0.05, 0) is 31.7 Å². The van der Waals surface area contributed by atoms with Crippen LogP contribution in [0.2, 0.25) is 0 Å². The van der Waals surface area contributed by atoms with Crippen LogP contribution in [-0.2, 0) is 6.54 Å². The van der Waals surface area contributed by atoms with Gasteiger partial charge in [-0.3, -0.25) is 10.1 Å². The van der Waals surface area contributed by atoms with Crippen LogP contribution in [0.3, 0.4) is 0 Å². The summed E-state index contributed by atoms with van der Waals surface area (Å²) in [6.45, 7) is 4.79. The molecule has 126 valence electrons. The summed E-state index contributed by atoms with van der Waals surface area (Å²) in [5, 5.41) is 17.6. The number of nitrogens with one attached hydrogen (secondary N) is 2. The van der Waals surface area contributed by atoms with E-state index in [1.807, 2.05) is 0 Å². The van der Waals surface area contributed by atoms with E-state index < -0.39 is 0 Å². The van der Waals surface area contributed by atoms with Crippen molar-refractivity contribution in [3.8, 4) is 0 Å². The second-order valence-corrected chi connectivity index (χ2v) is 6.17. The molecule has 0 spiro atoms. The first-order chi connectivity index (χ1) is 11.1. The monoisotopic (exact) mass is 318 g/mol. The molecule has 2 N–H and O–H groups in total. The highest BCUT2D eigenvalue weighted by molar-refractivity contribution is 5.80. The number of nitro groups is 1. The molecule has 1 atom stereocenters. The molecule has 23 heavy (non-hydrogen) atoms. The fraction of sp³-hybridized carbons (Fsp3) is 0.588. The minimum Gasteiger partial charge on any atom is -0.354 e. The molecule has 0 saturated heterocycles. The quantitative estimate of drug-likeness (QED) is 0.365. The zero-order chi connectivity index (χ0) is 16.7. The number of benzene rings is 1. The summed E-state index contributed by atoms with van der Waals surface area (Å²) in [6, 6.07) is 7.44. The molecule has 1 aliphatic rings. The number of rotatable bonds is 6. The summed E-state index contributed by atoms with van der Waals surface area (Å²) < 4.78 is 0. The fourth-order valence-corrected chi connectivity index (χ4v) is 2.63. The zero-order valence-corrected chi connectivity index (χ0v) is 13.9. The molecule has 0 radical (unpaired) electrons. The molecule has 0 heterocycles. The standard InChI is InChI=1S/C17H26N4O2/c1-3-13(2)19-17(20-15-6-4-5-7-15)18-12-14-8-10-16(11-9-14)21(22)23/h8-11,13,15H,3-7,12H2,1-2H3,(H2,18,19,20). The van der Waals surface area contributed by atoms with Crippen molar-refractivity contribution in [3.63, 3.8) is 0 Å². The molecule has 1 aliphatic carbocycles. The molecular weight excluding hydrogens is 292 g/mol. The number of nitrogens with zero attached hydrogens (tertiary/aromatic N) is 2. The maximum absolute atomic E-state index is 10.7. The third kappa shape index (κ3) is 5.54. The minimum atomic E-state index is -0.384. The van der Waals surface area contributed by atoms with E-state index in [-0.39, 0.29) is 10.6 Å². The SMILES string of the molecule is CCC(C)NC(=NCc1ccc([N+](=O)[O-])cc1)NC1CCCC1. The molecule has 0 aliphatic heterocycles. The lowest BCUT2D eigenvalue weighted by atomic mass is 10.2. The Morgan fingerprint density at radius 1 is 1.35 bits per heavy atom. The number of aliphatic imine (C=N–C) groups is 1. The van der Waals surface area contributed by atoms with Crippen molar-refractivity contribution >= 4 is 11.6 Å². The number of guanidine groups is 1. The van der Waals surface area contributed by atoms with Crippen molar-refractivity contribution in [1.29, 1.82) is 0 Å². The van der Waals surface area contributed by atoms with E-state index in [0.717, 1.165) is 17.9 Å². The van der Waals surface area contributed by atoms with Crippen molar-refractivity contribution in [1.82, 2.24) is 10.6 Å². The van der Waals surface area contributed by atoms with Gasteiger partial charge < -0.3 is 10.6 Å². The van der Waals surface area contributed by atoms with Gasteiger partial charge in [-0.2, -0.15) is 0 Å². The molecule has 1 unspecified atom stereocenters.